The molecule has 0 aromatic rings. The quantitative estimate of drug-likeness (QED) is 0.535. The Morgan fingerprint density at radius 3 is 2.88 bits per heavy atom. The van der Waals surface area contributed by atoms with Gasteiger partial charge in [0.2, 0.25) is 5.91 Å². The first-order valence-corrected chi connectivity index (χ1v) is 9.69. The predicted octanol–water partition coefficient (Wildman–Crippen LogP) is 1.17. The van der Waals surface area contributed by atoms with E-state index in [1.165, 1.54) is 32.1 Å². The van der Waals surface area contributed by atoms with Crippen LogP contribution in [0.2, 0.25) is 0 Å². The Morgan fingerprint density at radius 1 is 1.33 bits per heavy atom. The third-order valence-electron chi connectivity index (χ3n) is 6.50. The number of aliphatic imine (C=N–C) groups is 1. The summed E-state index contributed by atoms with van der Waals surface area (Å²) in [6, 6.07) is 0.763. The normalized spacial score (nSPS) is 37.7. The topological polar surface area (TPSA) is 74.8 Å². The summed E-state index contributed by atoms with van der Waals surface area (Å²) in [4.78, 5) is 16.0. The largest absolute Gasteiger partial charge is 0.377 e. The van der Waals surface area contributed by atoms with Gasteiger partial charge >= 0.3 is 0 Å². The molecule has 2 aliphatic heterocycles. The zero-order valence-electron chi connectivity index (χ0n) is 14.6. The van der Waals surface area contributed by atoms with Crippen LogP contribution in [-0.4, -0.2) is 49.8 Å². The van der Waals surface area contributed by atoms with Gasteiger partial charge in [0, 0.05) is 49.5 Å². The maximum absolute atomic E-state index is 11.3. The Bertz CT molecular complexity index is 505. The third-order valence-corrected chi connectivity index (χ3v) is 6.50. The number of ether oxygens (including phenoxy) is 1. The van der Waals surface area contributed by atoms with Gasteiger partial charge in [-0.3, -0.25) is 9.79 Å². The van der Waals surface area contributed by atoms with E-state index in [4.69, 9.17) is 4.74 Å². The summed E-state index contributed by atoms with van der Waals surface area (Å²) in [6.45, 7) is 4.43. The van der Waals surface area contributed by atoms with Crippen LogP contribution in [0.4, 0.5) is 0 Å². The lowest BCUT2D eigenvalue weighted by Gasteiger charge is -2.57. The first kappa shape index (κ1) is 16.2. The van der Waals surface area contributed by atoms with Crippen LogP contribution < -0.4 is 16.0 Å². The molecule has 134 valence electrons. The van der Waals surface area contributed by atoms with E-state index in [9.17, 15) is 4.79 Å². The molecule has 0 aromatic heterocycles. The van der Waals surface area contributed by atoms with Crippen molar-refractivity contribution in [1.29, 1.82) is 0 Å². The number of nitrogens with zero attached hydrogens (tertiary/aromatic N) is 1. The van der Waals surface area contributed by atoms with Gasteiger partial charge in [-0.05, 0) is 32.6 Å². The lowest BCUT2D eigenvalue weighted by atomic mass is 9.54. The van der Waals surface area contributed by atoms with E-state index in [2.05, 4.69) is 27.9 Å². The molecule has 2 saturated heterocycles. The van der Waals surface area contributed by atoms with Crippen molar-refractivity contribution >= 4 is 11.9 Å². The zero-order chi connectivity index (χ0) is 16.6. The highest BCUT2D eigenvalue weighted by molar-refractivity contribution is 5.82. The Kier molecular flexibility index (Phi) is 4.41. The van der Waals surface area contributed by atoms with Crippen molar-refractivity contribution in [3.63, 3.8) is 0 Å². The molecular formula is C18H30N4O2. The average molecular weight is 334 g/mol. The first-order valence-electron chi connectivity index (χ1n) is 9.69. The van der Waals surface area contributed by atoms with Gasteiger partial charge in [-0.1, -0.05) is 12.8 Å². The molecule has 4 atom stereocenters. The Morgan fingerprint density at radius 2 is 2.17 bits per heavy atom. The van der Waals surface area contributed by atoms with E-state index in [0.717, 1.165) is 25.5 Å². The average Bonchev–Trinajstić information content (AvgIpc) is 3.23. The molecular weight excluding hydrogens is 304 g/mol. The van der Waals surface area contributed by atoms with E-state index in [1.54, 1.807) is 0 Å². The van der Waals surface area contributed by atoms with Gasteiger partial charge in [0.25, 0.3) is 0 Å². The molecule has 4 aliphatic rings. The molecule has 2 aliphatic carbocycles. The van der Waals surface area contributed by atoms with Crippen molar-refractivity contribution in [3.8, 4) is 0 Å². The molecule has 6 heteroatoms. The van der Waals surface area contributed by atoms with E-state index in [-0.39, 0.29) is 11.9 Å². The minimum Gasteiger partial charge on any atom is -0.377 e. The van der Waals surface area contributed by atoms with Gasteiger partial charge in [0.15, 0.2) is 5.96 Å². The number of carbonyl (C=O) groups is 1. The highest BCUT2D eigenvalue weighted by atomic mass is 16.5. The summed E-state index contributed by atoms with van der Waals surface area (Å²) in [6.07, 6.45) is 8.33. The minimum atomic E-state index is 0.157. The fourth-order valence-corrected chi connectivity index (χ4v) is 5.39. The van der Waals surface area contributed by atoms with Crippen molar-refractivity contribution in [3.05, 3.63) is 0 Å². The molecule has 2 heterocycles. The summed E-state index contributed by atoms with van der Waals surface area (Å²) in [5.74, 6) is 1.71. The number of guanidine groups is 1. The molecule has 3 N–H and O–H groups in total. The number of carbonyl (C=O) groups excluding carboxylic acids is 1. The van der Waals surface area contributed by atoms with E-state index in [1.807, 2.05) is 0 Å². The minimum absolute atomic E-state index is 0.157. The Balaban J connectivity index is 1.43. The zero-order valence-corrected chi connectivity index (χ0v) is 14.6. The van der Waals surface area contributed by atoms with Crippen LogP contribution in [0.15, 0.2) is 4.99 Å². The van der Waals surface area contributed by atoms with Gasteiger partial charge in [-0.25, -0.2) is 0 Å². The number of fused-ring (bicyclic) bond motifs is 2. The molecule has 4 unspecified atom stereocenters. The van der Waals surface area contributed by atoms with Crippen LogP contribution in [0.25, 0.3) is 0 Å². The molecule has 0 bridgehead atoms. The molecule has 4 rings (SSSR count). The fourth-order valence-electron chi connectivity index (χ4n) is 5.39. The number of rotatable bonds is 3. The summed E-state index contributed by atoms with van der Waals surface area (Å²) in [5.41, 5.74) is 0.331. The molecule has 0 radical (unpaired) electrons. The van der Waals surface area contributed by atoms with Crippen molar-refractivity contribution in [2.45, 2.75) is 70.1 Å². The monoisotopic (exact) mass is 334 g/mol. The van der Waals surface area contributed by atoms with Crippen LogP contribution in [0.3, 0.4) is 0 Å². The number of amides is 1. The van der Waals surface area contributed by atoms with Crippen molar-refractivity contribution in [2.75, 3.05) is 19.7 Å². The SMILES string of the molecule is CCN=C(NC1CCC(=O)NC1)NC1C2CCOC2C12CCCC2. The molecule has 0 aromatic carbocycles. The highest BCUT2D eigenvalue weighted by Gasteiger charge is 2.65. The predicted molar refractivity (Wildman–Crippen MR) is 92.8 cm³/mol. The molecule has 24 heavy (non-hydrogen) atoms. The van der Waals surface area contributed by atoms with E-state index >= 15 is 0 Å². The van der Waals surface area contributed by atoms with E-state index in [0.29, 0.717) is 36.4 Å². The van der Waals surface area contributed by atoms with Gasteiger partial charge in [-0.2, -0.15) is 0 Å². The smallest absolute Gasteiger partial charge is 0.220 e. The van der Waals surface area contributed by atoms with Crippen LogP contribution in [0.5, 0.6) is 0 Å². The fraction of sp³-hybridized carbons (Fsp3) is 0.889. The first-order chi connectivity index (χ1) is 11.7. The summed E-state index contributed by atoms with van der Waals surface area (Å²) in [5, 5.41) is 10.3. The molecule has 6 nitrogen and oxygen atoms in total. The molecule has 4 fully saturated rings. The molecule has 1 spiro atoms. The van der Waals surface area contributed by atoms with Crippen LogP contribution in [0.1, 0.15) is 51.9 Å². The Labute approximate surface area is 144 Å². The Hall–Kier alpha value is -1.30. The maximum atomic E-state index is 11.3. The summed E-state index contributed by atoms with van der Waals surface area (Å²) >= 11 is 0. The van der Waals surface area contributed by atoms with Crippen LogP contribution in [-0.2, 0) is 9.53 Å². The second-order valence-corrected chi connectivity index (χ2v) is 7.81. The van der Waals surface area contributed by atoms with Gasteiger partial charge < -0.3 is 20.7 Å². The van der Waals surface area contributed by atoms with E-state index < -0.39 is 0 Å². The standard InChI is InChI=1S/C18H30N4O2/c1-2-19-17(21-12-5-6-14(23)20-11-12)22-15-13-7-10-24-16(13)18(15)8-3-4-9-18/h12-13,15-16H,2-11H2,1H3,(H,20,23)(H2,19,21,22). The lowest BCUT2D eigenvalue weighted by Crippen LogP contribution is -2.70. The summed E-state index contributed by atoms with van der Waals surface area (Å²) in [7, 11) is 0. The lowest BCUT2D eigenvalue weighted by molar-refractivity contribution is -0.125. The maximum Gasteiger partial charge on any atom is 0.220 e. The second-order valence-electron chi connectivity index (χ2n) is 7.81. The van der Waals surface area contributed by atoms with Crippen LogP contribution in [0, 0.1) is 11.3 Å². The third kappa shape index (κ3) is 2.68. The number of piperidine rings is 1. The van der Waals surface area contributed by atoms with Gasteiger partial charge in [0.1, 0.15) is 0 Å². The van der Waals surface area contributed by atoms with Crippen molar-refractivity contribution in [1.82, 2.24) is 16.0 Å². The number of nitrogens with one attached hydrogen (secondary N) is 3. The number of hydrogen-bond acceptors (Lipinski definition) is 3. The molecule has 2 saturated carbocycles. The number of hydrogen-bond donors (Lipinski definition) is 3. The van der Waals surface area contributed by atoms with Gasteiger partial charge in [-0.15, -0.1) is 0 Å². The molecule has 1 amide bonds. The second kappa shape index (κ2) is 6.54. The van der Waals surface area contributed by atoms with Crippen molar-refractivity contribution < 1.29 is 9.53 Å². The van der Waals surface area contributed by atoms with Gasteiger partial charge in [0.05, 0.1) is 6.10 Å². The highest BCUT2D eigenvalue weighted by Crippen LogP contribution is 2.60. The summed E-state index contributed by atoms with van der Waals surface area (Å²) < 4.78 is 6.08. The van der Waals surface area contributed by atoms with Crippen LogP contribution >= 0.6 is 0 Å². The van der Waals surface area contributed by atoms with Crippen molar-refractivity contribution in [2.24, 2.45) is 16.3 Å².